The Labute approximate surface area is 91.8 Å². The van der Waals surface area contributed by atoms with Crippen LogP contribution in [-0.2, 0) is 0 Å². The summed E-state index contributed by atoms with van der Waals surface area (Å²) in [6.07, 6.45) is 4.37. The van der Waals surface area contributed by atoms with E-state index in [1.165, 1.54) is 12.3 Å². The fourth-order valence-electron chi connectivity index (χ4n) is 1.45. The topological polar surface area (TPSA) is 86.6 Å². The van der Waals surface area contributed by atoms with E-state index in [1.807, 2.05) is 6.07 Å². The van der Waals surface area contributed by atoms with Gasteiger partial charge in [-0.25, -0.2) is 4.39 Å². The summed E-state index contributed by atoms with van der Waals surface area (Å²) in [5.41, 5.74) is 9.15. The van der Waals surface area contributed by atoms with E-state index in [0.29, 0.717) is 17.7 Å². The Morgan fingerprint density at radius 3 is 3.00 bits per heavy atom. The molecule has 16 heavy (non-hydrogen) atoms. The molecule has 2 aliphatic rings. The SMILES string of the molecule is N#CC1CC=C(C2=NNC(N)N=C2)C=C1F. The van der Waals surface area contributed by atoms with Gasteiger partial charge in [0.1, 0.15) is 17.5 Å². The highest BCUT2D eigenvalue weighted by molar-refractivity contribution is 6.39. The highest BCUT2D eigenvalue weighted by atomic mass is 19.1. The minimum Gasteiger partial charge on any atom is -0.291 e. The highest BCUT2D eigenvalue weighted by Gasteiger charge is 2.20. The van der Waals surface area contributed by atoms with Crippen molar-refractivity contribution in [3.05, 3.63) is 23.6 Å². The molecule has 0 amide bonds. The predicted octanol–water partition coefficient (Wildman–Crippen LogP) is 0.582. The van der Waals surface area contributed by atoms with Gasteiger partial charge in [0.05, 0.1) is 12.3 Å². The number of rotatable bonds is 1. The second-order valence-corrected chi connectivity index (χ2v) is 3.46. The first-order valence-corrected chi connectivity index (χ1v) is 4.80. The molecule has 0 aromatic carbocycles. The van der Waals surface area contributed by atoms with E-state index < -0.39 is 18.0 Å². The molecule has 2 rings (SSSR count). The zero-order chi connectivity index (χ0) is 11.5. The molecule has 0 bridgehead atoms. The lowest BCUT2D eigenvalue weighted by molar-refractivity contribution is 0.527. The molecule has 3 N–H and O–H groups in total. The summed E-state index contributed by atoms with van der Waals surface area (Å²) in [4.78, 5) is 3.90. The van der Waals surface area contributed by atoms with Gasteiger partial charge in [-0.3, -0.25) is 16.2 Å². The van der Waals surface area contributed by atoms with Crippen LogP contribution < -0.4 is 11.2 Å². The van der Waals surface area contributed by atoms with Crippen LogP contribution in [0.4, 0.5) is 4.39 Å². The van der Waals surface area contributed by atoms with Gasteiger partial charge in [0.25, 0.3) is 0 Å². The largest absolute Gasteiger partial charge is 0.291 e. The van der Waals surface area contributed by atoms with Crippen molar-refractivity contribution < 1.29 is 4.39 Å². The summed E-state index contributed by atoms with van der Waals surface area (Å²) in [6, 6.07) is 1.89. The van der Waals surface area contributed by atoms with Crippen LogP contribution in [0.2, 0.25) is 0 Å². The zero-order valence-corrected chi connectivity index (χ0v) is 8.39. The maximum absolute atomic E-state index is 13.4. The lowest BCUT2D eigenvalue weighted by Crippen LogP contribution is -2.36. The second kappa shape index (κ2) is 4.24. The predicted molar refractivity (Wildman–Crippen MR) is 58.0 cm³/mol. The summed E-state index contributed by atoms with van der Waals surface area (Å²) >= 11 is 0. The molecule has 0 spiro atoms. The molecule has 2 unspecified atom stereocenters. The number of nitriles is 1. The fraction of sp³-hybridized carbons (Fsp3) is 0.300. The summed E-state index contributed by atoms with van der Waals surface area (Å²) in [6.45, 7) is 0. The van der Waals surface area contributed by atoms with Crippen LogP contribution >= 0.6 is 0 Å². The Kier molecular flexibility index (Phi) is 2.79. The molecule has 1 aliphatic carbocycles. The van der Waals surface area contributed by atoms with Crippen molar-refractivity contribution in [2.75, 3.05) is 0 Å². The first-order chi connectivity index (χ1) is 7.70. The number of allylic oxidation sites excluding steroid dienone is 4. The van der Waals surface area contributed by atoms with Gasteiger partial charge in [-0.15, -0.1) is 0 Å². The molecule has 0 aromatic rings. The van der Waals surface area contributed by atoms with Crippen LogP contribution in [0.1, 0.15) is 6.42 Å². The lowest BCUT2D eigenvalue weighted by Gasteiger charge is -2.16. The number of nitrogens with zero attached hydrogens (tertiary/aromatic N) is 3. The van der Waals surface area contributed by atoms with Crippen molar-refractivity contribution in [2.24, 2.45) is 21.7 Å². The molecule has 0 saturated heterocycles. The third kappa shape index (κ3) is 1.99. The van der Waals surface area contributed by atoms with E-state index in [1.54, 1.807) is 6.08 Å². The molecular formula is C10H10FN5. The Morgan fingerprint density at radius 1 is 1.62 bits per heavy atom. The monoisotopic (exact) mass is 219 g/mol. The first-order valence-electron chi connectivity index (χ1n) is 4.80. The van der Waals surface area contributed by atoms with Crippen LogP contribution in [0.25, 0.3) is 0 Å². The van der Waals surface area contributed by atoms with Crippen molar-refractivity contribution in [3.63, 3.8) is 0 Å². The highest BCUT2D eigenvalue weighted by Crippen LogP contribution is 2.24. The average molecular weight is 219 g/mol. The van der Waals surface area contributed by atoms with E-state index in [4.69, 9.17) is 11.0 Å². The van der Waals surface area contributed by atoms with Crippen molar-refractivity contribution in [2.45, 2.75) is 12.7 Å². The molecule has 0 aromatic heterocycles. The van der Waals surface area contributed by atoms with Gasteiger partial charge in [-0.2, -0.15) is 10.4 Å². The lowest BCUT2D eigenvalue weighted by atomic mass is 9.94. The summed E-state index contributed by atoms with van der Waals surface area (Å²) in [5.74, 6) is -1.12. The van der Waals surface area contributed by atoms with Crippen molar-refractivity contribution in [1.29, 1.82) is 5.26 Å². The van der Waals surface area contributed by atoms with Gasteiger partial charge in [0.2, 0.25) is 0 Å². The maximum Gasteiger partial charge on any atom is 0.185 e. The van der Waals surface area contributed by atoms with Gasteiger partial charge in [-0.05, 0) is 12.5 Å². The van der Waals surface area contributed by atoms with Crippen molar-refractivity contribution in [1.82, 2.24) is 5.43 Å². The average Bonchev–Trinajstić information content (AvgIpc) is 2.30. The number of nitrogens with one attached hydrogen (secondary N) is 1. The number of hydrazone groups is 1. The van der Waals surface area contributed by atoms with Crippen LogP contribution in [0.5, 0.6) is 0 Å². The number of hydrogen-bond donors (Lipinski definition) is 2. The fourth-order valence-corrected chi connectivity index (χ4v) is 1.45. The smallest absolute Gasteiger partial charge is 0.185 e. The number of hydrogen-bond acceptors (Lipinski definition) is 5. The Bertz CT molecular complexity index is 454. The van der Waals surface area contributed by atoms with Crippen LogP contribution in [0.15, 0.2) is 33.6 Å². The van der Waals surface area contributed by atoms with E-state index in [9.17, 15) is 4.39 Å². The molecule has 5 nitrogen and oxygen atoms in total. The molecule has 2 atom stereocenters. The summed E-state index contributed by atoms with van der Waals surface area (Å²) in [7, 11) is 0. The molecule has 82 valence electrons. The molecular weight excluding hydrogens is 209 g/mol. The van der Waals surface area contributed by atoms with E-state index in [2.05, 4.69) is 15.5 Å². The molecule has 1 heterocycles. The minimum absolute atomic E-state index is 0.354. The maximum atomic E-state index is 13.4. The van der Waals surface area contributed by atoms with E-state index in [-0.39, 0.29) is 0 Å². The molecule has 0 saturated carbocycles. The molecule has 0 radical (unpaired) electrons. The van der Waals surface area contributed by atoms with Crippen molar-refractivity contribution in [3.8, 4) is 6.07 Å². The normalized spacial score (nSPS) is 28.4. The number of halogens is 1. The molecule has 1 aliphatic heterocycles. The van der Waals surface area contributed by atoms with Gasteiger partial charge < -0.3 is 0 Å². The van der Waals surface area contributed by atoms with Gasteiger partial charge in [-0.1, -0.05) is 6.08 Å². The standard InChI is InChI=1S/C10H10FN5/c11-8-3-6(1-2-7(8)4-12)9-5-14-10(13)16-15-9/h1,3,5,7,10,16H,2,13H2. The molecule has 6 heteroatoms. The van der Waals surface area contributed by atoms with Gasteiger partial charge in [0.15, 0.2) is 6.29 Å². The van der Waals surface area contributed by atoms with Crippen LogP contribution in [0, 0.1) is 17.2 Å². The first kappa shape index (κ1) is 10.5. The third-order valence-corrected chi connectivity index (χ3v) is 2.33. The number of aliphatic imine (C=N–C) groups is 1. The second-order valence-electron chi connectivity index (χ2n) is 3.46. The molecule has 0 fully saturated rings. The van der Waals surface area contributed by atoms with Crippen LogP contribution in [-0.4, -0.2) is 18.2 Å². The van der Waals surface area contributed by atoms with E-state index in [0.717, 1.165) is 0 Å². The van der Waals surface area contributed by atoms with Gasteiger partial charge >= 0.3 is 0 Å². The van der Waals surface area contributed by atoms with Gasteiger partial charge in [0, 0.05) is 5.57 Å². The quantitative estimate of drug-likeness (QED) is 0.676. The number of nitrogens with two attached hydrogens (primary N) is 1. The Hall–Kier alpha value is -2.00. The van der Waals surface area contributed by atoms with Crippen molar-refractivity contribution >= 4 is 11.9 Å². The summed E-state index contributed by atoms with van der Waals surface area (Å²) in [5, 5.41) is 12.6. The van der Waals surface area contributed by atoms with E-state index >= 15 is 0 Å². The van der Waals surface area contributed by atoms with Crippen LogP contribution in [0.3, 0.4) is 0 Å². The Morgan fingerprint density at radius 2 is 2.44 bits per heavy atom. The third-order valence-electron chi connectivity index (χ3n) is 2.33. The zero-order valence-electron chi connectivity index (χ0n) is 8.39. The minimum atomic E-state index is -0.680. The summed E-state index contributed by atoms with van der Waals surface area (Å²) < 4.78 is 13.4. The Balaban J connectivity index is 2.18.